The zero-order valence-corrected chi connectivity index (χ0v) is 31.2. The van der Waals surface area contributed by atoms with Crippen molar-refractivity contribution in [2.75, 3.05) is 0 Å². The normalized spacial score (nSPS) is 35.2. The first-order valence-electron chi connectivity index (χ1n) is 19.3. The molecule has 0 bridgehead atoms. The fourth-order valence-electron chi connectivity index (χ4n) is 11.1. The lowest BCUT2D eigenvalue weighted by Crippen LogP contribution is -3.08. The predicted octanol–water partition coefficient (Wildman–Crippen LogP) is 11.9. The Labute approximate surface area is 305 Å². The van der Waals surface area contributed by atoms with E-state index in [9.17, 15) is 17.6 Å². The third-order valence-corrected chi connectivity index (χ3v) is 13.7. The molecular weight excluding hydrogens is 681 g/mol. The first-order valence-corrected chi connectivity index (χ1v) is 19.3. The molecule has 4 atom stereocenters. The zero-order chi connectivity index (χ0) is 38.1. The summed E-state index contributed by atoms with van der Waals surface area (Å²) in [4.78, 5) is 0. The number of hydrogen-bond acceptors (Lipinski definition) is 0. The van der Waals surface area contributed by atoms with E-state index in [4.69, 9.17) is 0 Å². The third kappa shape index (κ3) is 7.15. The van der Waals surface area contributed by atoms with E-state index in [0.717, 1.165) is 60.4 Å². The molecule has 0 radical (unpaired) electrons. The van der Waals surface area contributed by atoms with Gasteiger partial charge in [-0.1, -0.05) is 89.1 Å². The fraction of sp³-hybridized carbons (Fsp3) is 0.619. The highest BCUT2D eigenvalue weighted by Gasteiger charge is 2.76. The van der Waals surface area contributed by atoms with E-state index >= 15 is 17.6 Å². The van der Waals surface area contributed by atoms with Crippen molar-refractivity contribution in [3.63, 3.8) is 0 Å². The van der Waals surface area contributed by atoms with Gasteiger partial charge in [0.05, 0.1) is 34.4 Å². The molecule has 6 aliphatic carbocycles. The molecule has 2 saturated carbocycles. The first-order chi connectivity index (χ1) is 24.4. The molecule has 4 unspecified atom stereocenters. The Hall–Kier alpha value is -2.62. The van der Waals surface area contributed by atoms with Crippen LogP contribution in [0.2, 0.25) is 0 Å². The fourth-order valence-corrected chi connectivity index (χ4v) is 11.1. The van der Waals surface area contributed by atoms with Crippen molar-refractivity contribution in [2.24, 2.45) is 11.8 Å². The molecule has 0 aromatic carbocycles. The Morgan fingerprint density at radius 1 is 0.462 bits per heavy atom. The van der Waals surface area contributed by atoms with Crippen LogP contribution in [0.25, 0.3) is 0 Å². The number of rotatable bonds is 8. The van der Waals surface area contributed by atoms with E-state index in [1.165, 1.54) is 64.2 Å². The monoisotopic (exact) mass is 737 g/mol. The summed E-state index contributed by atoms with van der Waals surface area (Å²) in [6.07, 6.45) is 13.9. The van der Waals surface area contributed by atoms with Gasteiger partial charge in [0.1, 0.15) is 0 Å². The van der Waals surface area contributed by atoms with Gasteiger partial charge in [0.25, 0.3) is 0 Å². The zero-order valence-electron chi connectivity index (χ0n) is 31.2. The number of alkyl halides is 4. The van der Waals surface area contributed by atoms with E-state index in [2.05, 4.69) is 33.0 Å². The van der Waals surface area contributed by atoms with Crippen molar-refractivity contribution in [3.8, 4) is 0 Å². The van der Waals surface area contributed by atoms with Crippen LogP contribution in [-0.2, 0) is 0 Å². The molecule has 0 aliphatic heterocycles. The van der Waals surface area contributed by atoms with Gasteiger partial charge in [-0.05, 0) is 50.0 Å². The van der Waals surface area contributed by atoms with Crippen molar-refractivity contribution in [3.05, 3.63) is 96.2 Å². The van der Waals surface area contributed by atoms with Crippen LogP contribution >= 0.6 is 0 Å². The molecule has 0 saturated heterocycles. The number of quaternary nitrogens is 1. The second-order valence-electron chi connectivity index (χ2n) is 17.2. The maximum Gasteiger partial charge on any atom is 0.183 e. The van der Waals surface area contributed by atoms with Crippen LogP contribution in [0.3, 0.4) is 0 Å². The third-order valence-electron chi connectivity index (χ3n) is 13.7. The minimum Gasteiger partial charge on any atom is -0.336 e. The summed E-state index contributed by atoms with van der Waals surface area (Å²) in [6.45, 7) is 9.88. The van der Waals surface area contributed by atoms with Crippen molar-refractivity contribution in [1.29, 1.82) is 0 Å². The molecule has 0 aromatic rings. The average Bonchev–Trinajstić information content (AvgIpc) is 3.05. The molecule has 6 aliphatic rings. The minimum atomic E-state index is -4.72. The van der Waals surface area contributed by atoms with Crippen LogP contribution in [0.15, 0.2) is 96.2 Å². The lowest BCUT2D eigenvalue weighted by atomic mass is 8.99. The van der Waals surface area contributed by atoms with Gasteiger partial charge in [-0.2, -0.15) is 0 Å². The number of halogens is 8. The molecule has 1 nitrogen and oxygen atoms in total. The summed E-state index contributed by atoms with van der Waals surface area (Å²) in [5, 5.41) is 2.91. The van der Waals surface area contributed by atoms with E-state index in [-0.39, 0.29) is 0 Å². The topological polar surface area (TPSA) is 16.6 Å². The van der Waals surface area contributed by atoms with Crippen molar-refractivity contribution in [2.45, 2.75) is 151 Å². The van der Waals surface area contributed by atoms with E-state index in [1.54, 1.807) is 0 Å². The van der Waals surface area contributed by atoms with Crippen molar-refractivity contribution in [1.82, 2.24) is 0 Å². The molecule has 0 heterocycles. The summed E-state index contributed by atoms with van der Waals surface area (Å²) < 4.78 is 126. The minimum absolute atomic E-state index is 0.555. The van der Waals surface area contributed by atoms with Crippen molar-refractivity contribution < 1.29 is 40.4 Å². The van der Waals surface area contributed by atoms with E-state index in [1.807, 2.05) is 0 Å². The molecule has 6 rings (SSSR count). The molecule has 0 amide bonds. The van der Waals surface area contributed by atoms with Crippen LogP contribution in [0.4, 0.5) is 35.1 Å². The Bertz CT molecular complexity index is 1360. The van der Waals surface area contributed by atoms with Gasteiger partial charge in [-0.25, -0.2) is 17.6 Å². The molecule has 2 fully saturated rings. The maximum absolute atomic E-state index is 17.0. The lowest BCUT2D eigenvalue weighted by Gasteiger charge is -2.68. The quantitative estimate of drug-likeness (QED) is 0.189. The Morgan fingerprint density at radius 2 is 0.712 bits per heavy atom. The van der Waals surface area contributed by atoms with Gasteiger partial charge < -0.3 is 5.32 Å². The number of nitrogens with two attached hydrogens (primary N) is 1. The molecule has 0 spiro atoms. The summed E-state index contributed by atoms with van der Waals surface area (Å²) in [6, 6.07) is 0. The molecule has 10 heteroatoms. The largest absolute Gasteiger partial charge is 0.336 e. The molecule has 2 N–H and O–H groups in total. The smallest absolute Gasteiger partial charge is 0.183 e. The van der Waals surface area contributed by atoms with Crippen LogP contribution in [0.5, 0.6) is 0 Å². The standard InChI is InChI=1S/C24H20BF8.C18H35N/c26-17-5-1-9-21(30,13-17)25(22(31)10-2-6-18(27)14-22,23(32)11-3-7-19(28)15-23)24(33)12-4-8-20(29)16-24;1-15(2)17(11-7-5-8-12-17)19-18(16(3)4)13-9-6-10-14-18/h1-12H,13-16H2;15-16,19H,5-14H2,1-4H3/q-1;/p+1. The van der Waals surface area contributed by atoms with E-state index in [0.29, 0.717) is 35.4 Å². The predicted molar refractivity (Wildman–Crippen MR) is 196 cm³/mol. The first kappa shape index (κ1) is 40.6. The molecule has 0 aromatic heterocycles. The van der Waals surface area contributed by atoms with Gasteiger partial charge in [-0.3, -0.25) is 17.6 Å². The number of hydrogen-bond donors (Lipinski definition) is 1. The van der Waals surface area contributed by atoms with Gasteiger partial charge in [0.2, 0.25) is 0 Å². The summed E-state index contributed by atoms with van der Waals surface area (Å²) in [5.74, 6) is -2.95. The van der Waals surface area contributed by atoms with Gasteiger partial charge >= 0.3 is 0 Å². The van der Waals surface area contributed by atoms with Crippen LogP contribution < -0.4 is 5.32 Å². The highest BCUT2D eigenvalue weighted by atomic mass is 19.2. The maximum atomic E-state index is 17.0. The van der Waals surface area contributed by atoms with E-state index < -0.39 is 77.4 Å². The average molecular weight is 738 g/mol. The molecule has 52 heavy (non-hydrogen) atoms. The second kappa shape index (κ2) is 15.3. The van der Waals surface area contributed by atoms with Crippen molar-refractivity contribution >= 4 is 6.15 Å². The SMILES string of the molecule is CC(C)C1([NH2+]C2(C(C)C)CCCCC2)CCCCC1.FC1=CC=CC(F)([B-](C2(F)C=CC=C(F)C2)(C2(F)C=CC=C(F)C2)C2(F)C=CC=C(F)C2)C1. The highest BCUT2D eigenvalue weighted by molar-refractivity contribution is 6.92. The Balaban J connectivity index is 0.000000233. The van der Waals surface area contributed by atoms with Crippen LogP contribution in [-0.4, -0.2) is 39.5 Å². The summed E-state index contributed by atoms with van der Waals surface area (Å²) in [5.41, 5.74) is -12.7. The Morgan fingerprint density at radius 3 is 0.923 bits per heavy atom. The lowest BCUT2D eigenvalue weighted by molar-refractivity contribution is -0.806. The van der Waals surface area contributed by atoms with Gasteiger partial charge in [0, 0.05) is 85.5 Å². The van der Waals surface area contributed by atoms with Gasteiger partial charge in [0.15, 0.2) is 6.15 Å². The second-order valence-corrected chi connectivity index (χ2v) is 17.2. The van der Waals surface area contributed by atoms with Crippen LogP contribution in [0, 0.1) is 11.8 Å². The molecule has 288 valence electrons. The number of allylic oxidation sites excluding steroid dienone is 16. The van der Waals surface area contributed by atoms with Crippen LogP contribution in [0.1, 0.15) is 118 Å². The molecular formula is C42H56BF8N. The summed E-state index contributed by atoms with van der Waals surface area (Å²) >= 11 is 0. The Kier molecular flexibility index (Phi) is 11.9. The summed E-state index contributed by atoms with van der Waals surface area (Å²) in [7, 11) is 0. The van der Waals surface area contributed by atoms with Gasteiger partial charge in [-0.15, -0.1) is 0 Å². The highest BCUT2D eigenvalue weighted by Crippen LogP contribution is 2.63.